The van der Waals surface area contributed by atoms with Gasteiger partial charge in [0, 0.05) is 25.9 Å². The number of ether oxygens (including phenoxy) is 2. The minimum absolute atomic E-state index is 0.0949. The number of nitrogens with zero attached hydrogens (tertiary/aromatic N) is 2. The topological polar surface area (TPSA) is 228 Å². The Morgan fingerprint density at radius 1 is 0.610 bits per heavy atom. The molecule has 0 aliphatic carbocycles. The number of nitrogens with two attached hydrogens (primary N) is 2. The first-order chi connectivity index (χ1) is 19.6. The molecule has 0 amide bonds. The van der Waals surface area contributed by atoms with Crippen molar-refractivity contribution < 1.29 is 36.6 Å². The Morgan fingerprint density at radius 3 is 1.10 bits per heavy atom. The van der Waals surface area contributed by atoms with Crippen LogP contribution >= 0.6 is 0 Å². The van der Waals surface area contributed by atoms with E-state index >= 15 is 0 Å². The Kier molecular flexibility index (Phi) is 37.5. The second kappa shape index (κ2) is 35.7. The molecule has 41 heavy (non-hydrogen) atoms. The van der Waals surface area contributed by atoms with Gasteiger partial charge in [0.25, 0.3) is 0 Å². The highest BCUT2D eigenvalue weighted by Gasteiger charge is 2.00. The number of carbonyl (C=O) groups is 2. The molecule has 0 unspecified atom stereocenters. The lowest BCUT2D eigenvalue weighted by Crippen LogP contribution is -2.19. The molecule has 0 aromatic carbocycles. The molecule has 0 atom stereocenters. The maximum atomic E-state index is 10.8. The number of hydrogen-bond acceptors (Lipinski definition) is 10. The summed E-state index contributed by atoms with van der Waals surface area (Å²) in [4.78, 5) is 29.8. The van der Waals surface area contributed by atoms with E-state index in [-0.39, 0.29) is 11.9 Å². The highest BCUT2D eigenvalue weighted by Crippen LogP contribution is 2.11. The Labute approximate surface area is 247 Å². The van der Waals surface area contributed by atoms with Crippen molar-refractivity contribution in [1.29, 1.82) is 0 Å². The molecular formula is C26H56N6O8S. The van der Waals surface area contributed by atoms with Gasteiger partial charge in [0.2, 0.25) is 0 Å². The molecule has 0 aromatic rings. The van der Waals surface area contributed by atoms with Gasteiger partial charge in [-0.15, -0.1) is 0 Å². The fraction of sp³-hybridized carbons (Fsp3) is 0.846. The molecule has 0 radical (unpaired) electrons. The zero-order chi connectivity index (χ0) is 31.5. The highest BCUT2D eigenvalue weighted by atomic mass is 32.3. The van der Waals surface area contributed by atoms with Gasteiger partial charge in [-0.05, 0) is 25.7 Å². The third-order valence-electron chi connectivity index (χ3n) is 5.62. The minimum Gasteiger partial charge on any atom is -0.469 e. The van der Waals surface area contributed by atoms with E-state index in [9.17, 15) is 9.59 Å². The number of hydrazine groups is 2. The molecule has 0 bridgehead atoms. The van der Waals surface area contributed by atoms with Crippen molar-refractivity contribution in [3.63, 3.8) is 0 Å². The Bertz CT molecular complexity index is 685. The molecule has 0 aliphatic rings. The highest BCUT2D eigenvalue weighted by molar-refractivity contribution is 7.79. The average molecular weight is 613 g/mol. The Morgan fingerprint density at radius 2 is 0.854 bits per heavy atom. The van der Waals surface area contributed by atoms with Gasteiger partial charge >= 0.3 is 22.3 Å². The predicted molar refractivity (Wildman–Crippen MR) is 163 cm³/mol. The Balaban J connectivity index is -0.000000604. The summed E-state index contributed by atoms with van der Waals surface area (Å²) in [7, 11) is -1.79. The fourth-order valence-electron chi connectivity index (χ4n) is 3.50. The van der Waals surface area contributed by atoms with E-state index in [0.29, 0.717) is 12.8 Å². The van der Waals surface area contributed by atoms with Gasteiger partial charge in [-0.2, -0.15) is 8.42 Å². The van der Waals surface area contributed by atoms with Crippen LogP contribution in [0.5, 0.6) is 0 Å². The lowest BCUT2D eigenvalue weighted by molar-refractivity contribution is -0.141. The van der Waals surface area contributed by atoms with Crippen LogP contribution in [-0.4, -0.2) is 69.4 Å². The second-order valence-corrected chi connectivity index (χ2v) is 10.1. The first-order valence-corrected chi connectivity index (χ1v) is 15.7. The quantitative estimate of drug-likeness (QED) is 0.0174. The molecule has 0 fully saturated rings. The summed E-state index contributed by atoms with van der Waals surface area (Å²) in [6, 6.07) is 0. The number of nitrogens with one attached hydrogen (secondary N) is 2. The van der Waals surface area contributed by atoms with Gasteiger partial charge in [-0.25, -0.2) is 11.7 Å². The van der Waals surface area contributed by atoms with E-state index in [2.05, 4.69) is 30.3 Å². The first kappa shape index (κ1) is 43.1. The van der Waals surface area contributed by atoms with Crippen molar-refractivity contribution in [1.82, 2.24) is 10.9 Å². The summed E-state index contributed by atoms with van der Waals surface area (Å²) in [6.45, 7) is 1.70. The van der Waals surface area contributed by atoms with Crippen LogP contribution in [0.15, 0.2) is 9.98 Å². The van der Waals surface area contributed by atoms with Crippen LogP contribution in [-0.2, 0) is 29.5 Å². The smallest absolute Gasteiger partial charge is 0.394 e. The summed E-state index contributed by atoms with van der Waals surface area (Å²) in [5.74, 6) is 9.91. The maximum Gasteiger partial charge on any atom is 0.394 e. The van der Waals surface area contributed by atoms with Crippen LogP contribution in [0.1, 0.15) is 116 Å². The first-order valence-electron chi connectivity index (χ1n) is 14.3. The third-order valence-corrected chi connectivity index (χ3v) is 5.62. The van der Waals surface area contributed by atoms with Gasteiger partial charge in [0.05, 0.1) is 26.9 Å². The summed E-state index contributed by atoms with van der Waals surface area (Å²) in [6.07, 6.45) is 23.1. The molecule has 8 N–H and O–H groups in total. The van der Waals surface area contributed by atoms with Crippen LogP contribution in [0.25, 0.3) is 0 Å². The zero-order valence-corrected chi connectivity index (χ0v) is 25.9. The van der Waals surface area contributed by atoms with Crippen LogP contribution < -0.4 is 22.5 Å². The normalized spacial score (nSPS) is 10.9. The number of methoxy groups -OCH3 is 2. The van der Waals surface area contributed by atoms with E-state index in [1.807, 2.05) is 0 Å². The lowest BCUT2D eigenvalue weighted by Gasteiger charge is -2.01. The molecule has 0 rings (SSSR count). The van der Waals surface area contributed by atoms with E-state index in [1.54, 1.807) is 0 Å². The van der Waals surface area contributed by atoms with Crippen molar-refractivity contribution in [2.24, 2.45) is 21.7 Å². The second-order valence-electron chi connectivity index (χ2n) is 9.16. The molecule has 0 saturated carbocycles. The van der Waals surface area contributed by atoms with Gasteiger partial charge in [0.15, 0.2) is 0 Å². The van der Waals surface area contributed by atoms with Crippen molar-refractivity contribution in [2.45, 2.75) is 116 Å². The van der Waals surface area contributed by atoms with Crippen molar-refractivity contribution in [2.75, 3.05) is 27.3 Å². The SMILES string of the molecule is COC(=O)CCCCCCCCCCN=CNN.COC(=O)CCCCCCCCCCN=CNN.O=S(=O)(O)O. The number of hydrogen-bond donors (Lipinski definition) is 6. The zero-order valence-electron chi connectivity index (χ0n) is 25.1. The largest absolute Gasteiger partial charge is 0.469 e. The maximum absolute atomic E-state index is 10.8. The summed E-state index contributed by atoms with van der Waals surface area (Å²) >= 11 is 0. The standard InChI is InChI=1S/2C13H27N3O2.H2O4S/c2*1-18-13(17)10-8-6-4-2-3-5-7-9-11-15-12-16-14;1-5(2,3)4/h2*12H,2-11,14H2,1H3,(H,15,16);(H2,1,2,3,4). The fourth-order valence-corrected chi connectivity index (χ4v) is 3.50. The van der Waals surface area contributed by atoms with Gasteiger partial charge in [-0.3, -0.25) is 28.7 Å². The molecule has 15 heteroatoms. The van der Waals surface area contributed by atoms with Gasteiger partial charge < -0.3 is 20.3 Å². The molecular weight excluding hydrogens is 556 g/mol. The lowest BCUT2D eigenvalue weighted by atomic mass is 10.1. The summed E-state index contributed by atoms with van der Waals surface area (Å²) in [5.41, 5.74) is 4.77. The van der Waals surface area contributed by atoms with E-state index in [1.165, 1.54) is 91.1 Å². The van der Waals surface area contributed by atoms with E-state index in [0.717, 1.165) is 51.6 Å². The molecule has 0 saturated heterocycles. The predicted octanol–water partition coefficient (Wildman–Crippen LogP) is 3.67. The van der Waals surface area contributed by atoms with Crippen LogP contribution in [0.3, 0.4) is 0 Å². The van der Waals surface area contributed by atoms with Crippen molar-refractivity contribution in [3.8, 4) is 0 Å². The van der Waals surface area contributed by atoms with Crippen LogP contribution in [0.4, 0.5) is 0 Å². The average Bonchev–Trinajstić information content (AvgIpc) is 2.93. The Hall–Kier alpha value is -2.33. The molecule has 244 valence electrons. The molecule has 0 aliphatic heterocycles. The number of unbranched alkanes of at least 4 members (excludes halogenated alkanes) is 14. The summed E-state index contributed by atoms with van der Waals surface area (Å²) in [5, 5.41) is 0. The molecule has 0 aromatic heterocycles. The monoisotopic (exact) mass is 612 g/mol. The number of esters is 2. The summed E-state index contributed by atoms with van der Waals surface area (Å²) < 4.78 is 40.8. The molecule has 0 heterocycles. The number of aliphatic imine (C=N–C) groups is 2. The van der Waals surface area contributed by atoms with Crippen molar-refractivity contribution >= 4 is 35.0 Å². The number of rotatable bonds is 24. The van der Waals surface area contributed by atoms with Crippen LogP contribution in [0.2, 0.25) is 0 Å². The van der Waals surface area contributed by atoms with Gasteiger partial charge in [0.1, 0.15) is 0 Å². The molecule has 0 spiro atoms. The van der Waals surface area contributed by atoms with E-state index in [4.69, 9.17) is 29.2 Å². The third kappa shape index (κ3) is 54.4. The van der Waals surface area contributed by atoms with Crippen LogP contribution in [0, 0.1) is 0 Å². The van der Waals surface area contributed by atoms with Crippen molar-refractivity contribution in [3.05, 3.63) is 0 Å². The minimum atomic E-state index is -4.67. The molecule has 14 nitrogen and oxygen atoms in total. The van der Waals surface area contributed by atoms with Gasteiger partial charge in [-0.1, -0.05) is 77.0 Å². The number of carbonyl (C=O) groups excluding carboxylic acids is 2. The van der Waals surface area contributed by atoms with E-state index < -0.39 is 10.4 Å².